The van der Waals surface area contributed by atoms with Crippen molar-refractivity contribution in [2.24, 2.45) is 0 Å². The number of amides is 1. The SMILES string of the molecule is COC(C)(C)c1nc2nccc(C3CCN(C(=O)c4ccc(S(F)(F)(F)(F)F)cc4N)CC3)c2[nH]1. The van der Waals surface area contributed by atoms with Gasteiger partial charge in [0.1, 0.15) is 16.3 Å². The van der Waals surface area contributed by atoms with Crippen LogP contribution in [0.1, 0.15) is 54.4 Å². The number of fused-ring (bicyclic) bond motifs is 1. The summed E-state index contributed by atoms with van der Waals surface area (Å²) < 4.78 is 70.7. The number of halogens is 5. The van der Waals surface area contributed by atoms with Crippen LogP contribution in [0.2, 0.25) is 0 Å². The van der Waals surface area contributed by atoms with Gasteiger partial charge in [-0.25, -0.2) is 9.97 Å². The van der Waals surface area contributed by atoms with E-state index in [1.807, 2.05) is 19.9 Å². The van der Waals surface area contributed by atoms with Crippen molar-refractivity contribution in [3.8, 4) is 0 Å². The molecule has 3 N–H and O–H groups in total. The Morgan fingerprint density at radius 2 is 1.83 bits per heavy atom. The standard InChI is InChI=1S/C22H26F5N5O2S/c1-22(2,34-3)21-30-18-15(6-9-29-19(18)31-21)13-7-10-32(11-8-13)20(33)16-5-4-14(12-17(16)28)35(23,24,25,26)27/h4-6,9,12-13H,7-8,10-11,28H2,1-3H3,(H,29,30,31). The summed E-state index contributed by atoms with van der Waals surface area (Å²) in [4.78, 5) is 24.4. The molecule has 7 nitrogen and oxygen atoms in total. The average molecular weight is 520 g/mol. The first-order valence-corrected chi connectivity index (χ1v) is 12.8. The minimum absolute atomic E-state index is 0.0800. The molecule has 0 unspecified atom stereocenters. The van der Waals surface area contributed by atoms with Gasteiger partial charge in [0, 0.05) is 32.1 Å². The van der Waals surface area contributed by atoms with Crippen molar-refractivity contribution in [1.29, 1.82) is 0 Å². The summed E-state index contributed by atoms with van der Waals surface area (Å²) in [5.41, 5.74) is 6.41. The van der Waals surface area contributed by atoms with E-state index in [2.05, 4.69) is 15.0 Å². The lowest BCUT2D eigenvalue weighted by atomic mass is 9.89. The van der Waals surface area contributed by atoms with Crippen LogP contribution in [0.25, 0.3) is 11.2 Å². The third kappa shape index (κ3) is 4.92. The number of pyridine rings is 1. The molecule has 4 rings (SSSR count). The first-order chi connectivity index (χ1) is 16.0. The Balaban J connectivity index is 1.52. The Hall–Kier alpha value is -2.93. The Morgan fingerprint density at radius 1 is 1.17 bits per heavy atom. The van der Waals surface area contributed by atoms with Crippen LogP contribution >= 0.6 is 10.2 Å². The van der Waals surface area contributed by atoms with E-state index in [0.29, 0.717) is 43.5 Å². The molecule has 0 spiro atoms. The highest BCUT2D eigenvalue weighted by atomic mass is 32.5. The van der Waals surface area contributed by atoms with Gasteiger partial charge in [0.05, 0.1) is 11.1 Å². The summed E-state index contributed by atoms with van der Waals surface area (Å²) in [6, 6.07) is 2.95. The molecule has 0 saturated carbocycles. The average Bonchev–Trinajstić information content (AvgIpc) is 3.23. The van der Waals surface area contributed by atoms with Crippen LogP contribution < -0.4 is 5.73 Å². The normalized spacial score (nSPS) is 17.9. The molecule has 0 aliphatic carbocycles. The minimum Gasteiger partial charge on any atom is -0.398 e. The van der Waals surface area contributed by atoms with Gasteiger partial charge in [-0.2, -0.15) is 0 Å². The van der Waals surface area contributed by atoms with Gasteiger partial charge >= 0.3 is 10.2 Å². The molecule has 1 aliphatic rings. The number of carbonyl (C=O) groups excluding carboxylic acids is 1. The number of hydrogen-bond donors (Lipinski definition) is 2. The van der Waals surface area contributed by atoms with E-state index in [1.165, 1.54) is 4.90 Å². The number of nitrogens with two attached hydrogens (primary N) is 1. The first kappa shape index (κ1) is 25.2. The zero-order valence-electron chi connectivity index (χ0n) is 19.3. The number of carbonyl (C=O) groups is 1. The van der Waals surface area contributed by atoms with Crippen LogP contribution in [-0.4, -0.2) is 46.0 Å². The second-order valence-electron chi connectivity index (χ2n) is 9.18. The Morgan fingerprint density at radius 3 is 2.40 bits per heavy atom. The quantitative estimate of drug-likeness (QED) is 0.314. The summed E-state index contributed by atoms with van der Waals surface area (Å²) in [7, 11) is -8.30. The van der Waals surface area contributed by atoms with Gasteiger partial charge in [-0.3, -0.25) is 4.79 Å². The van der Waals surface area contributed by atoms with Gasteiger partial charge in [-0.1, -0.05) is 19.4 Å². The van der Waals surface area contributed by atoms with Gasteiger partial charge < -0.3 is 20.4 Å². The predicted octanol–water partition coefficient (Wildman–Crippen LogP) is 6.10. The van der Waals surface area contributed by atoms with E-state index in [-0.39, 0.29) is 23.6 Å². The summed E-state index contributed by atoms with van der Waals surface area (Å²) in [6.45, 7) is 4.40. The molecule has 13 heteroatoms. The topological polar surface area (TPSA) is 97.1 Å². The zero-order valence-corrected chi connectivity index (χ0v) is 20.1. The first-order valence-electron chi connectivity index (χ1n) is 10.8. The van der Waals surface area contributed by atoms with Gasteiger partial charge in [0.15, 0.2) is 5.65 Å². The third-order valence-electron chi connectivity index (χ3n) is 6.43. The number of nitrogen functional groups attached to an aromatic ring is 1. The van der Waals surface area contributed by atoms with Crippen molar-refractivity contribution in [2.75, 3.05) is 25.9 Å². The molecule has 3 heterocycles. The number of hydrogen-bond acceptors (Lipinski definition) is 5. The molecule has 192 valence electrons. The number of benzene rings is 1. The summed E-state index contributed by atoms with van der Waals surface area (Å²) in [5, 5.41) is 0. The number of anilines is 1. The Bertz CT molecular complexity index is 1300. The lowest BCUT2D eigenvalue weighted by molar-refractivity contribution is 0.0124. The van der Waals surface area contributed by atoms with E-state index in [1.54, 1.807) is 13.3 Å². The number of likely N-dealkylation sites (tertiary alicyclic amines) is 1. The molecule has 1 aromatic carbocycles. The van der Waals surface area contributed by atoms with Crippen LogP contribution in [0.5, 0.6) is 0 Å². The van der Waals surface area contributed by atoms with Crippen LogP contribution in [0.3, 0.4) is 0 Å². The molecular weight excluding hydrogens is 493 g/mol. The highest BCUT2D eigenvalue weighted by molar-refractivity contribution is 8.45. The Kier molecular flexibility index (Phi) is 5.42. The number of piperidine rings is 1. The molecule has 1 saturated heterocycles. The van der Waals surface area contributed by atoms with Crippen molar-refractivity contribution < 1.29 is 29.0 Å². The highest BCUT2D eigenvalue weighted by Gasteiger charge is 2.65. The second-order valence-corrected chi connectivity index (χ2v) is 11.6. The van der Waals surface area contributed by atoms with Crippen LogP contribution in [0, 0.1) is 0 Å². The zero-order chi connectivity index (χ0) is 25.9. The van der Waals surface area contributed by atoms with Gasteiger partial charge in [-0.15, -0.1) is 0 Å². The monoisotopic (exact) mass is 519 g/mol. The number of aromatic nitrogens is 3. The van der Waals surface area contributed by atoms with Crippen molar-refractivity contribution in [3.05, 3.63) is 47.4 Å². The number of aromatic amines is 1. The maximum Gasteiger partial charge on any atom is 0.310 e. The van der Waals surface area contributed by atoms with Crippen molar-refractivity contribution in [2.45, 2.75) is 43.1 Å². The van der Waals surface area contributed by atoms with Gasteiger partial charge in [0.25, 0.3) is 5.91 Å². The van der Waals surface area contributed by atoms with Crippen molar-refractivity contribution in [1.82, 2.24) is 19.9 Å². The minimum atomic E-state index is -9.88. The molecule has 1 fully saturated rings. The number of rotatable bonds is 5. The molecule has 2 aromatic heterocycles. The molecule has 0 radical (unpaired) electrons. The molecule has 0 atom stereocenters. The van der Waals surface area contributed by atoms with E-state index in [4.69, 9.17) is 10.5 Å². The van der Waals surface area contributed by atoms with Crippen LogP contribution in [0.15, 0.2) is 35.4 Å². The van der Waals surface area contributed by atoms with E-state index >= 15 is 0 Å². The highest BCUT2D eigenvalue weighted by Crippen LogP contribution is 3.02. The Labute approximate surface area is 198 Å². The fourth-order valence-corrected chi connectivity index (χ4v) is 4.87. The van der Waals surface area contributed by atoms with Crippen molar-refractivity contribution >= 4 is 33.0 Å². The molecule has 1 amide bonds. The molecule has 1 aliphatic heterocycles. The molecular formula is C22H26F5N5O2S. The lowest BCUT2D eigenvalue weighted by Crippen LogP contribution is -2.38. The molecule has 0 bridgehead atoms. The smallest absolute Gasteiger partial charge is 0.310 e. The van der Waals surface area contributed by atoms with E-state index in [0.717, 1.165) is 11.1 Å². The summed E-state index contributed by atoms with van der Waals surface area (Å²) in [5.74, 6) is 0.115. The fraction of sp³-hybridized carbons (Fsp3) is 0.409. The molecule has 3 aromatic rings. The maximum absolute atomic E-state index is 13.0. The fourth-order valence-electron chi connectivity index (χ4n) is 4.19. The number of nitrogens with one attached hydrogen (secondary N) is 1. The van der Waals surface area contributed by atoms with E-state index in [9.17, 15) is 24.2 Å². The van der Waals surface area contributed by atoms with Crippen LogP contribution in [0.4, 0.5) is 25.1 Å². The number of ether oxygens (including phenoxy) is 1. The van der Waals surface area contributed by atoms with Gasteiger partial charge in [0.2, 0.25) is 0 Å². The van der Waals surface area contributed by atoms with Crippen LogP contribution in [-0.2, 0) is 10.3 Å². The predicted molar refractivity (Wildman–Crippen MR) is 124 cm³/mol. The van der Waals surface area contributed by atoms with Gasteiger partial charge in [-0.05, 0) is 62.4 Å². The maximum atomic E-state index is 13.0. The second kappa shape index (κ2) is 7.53. The number of H-pyrrole nitrogens is 1. The van der Waals surface area contributed by atoms with E-state index < -0.39 is 32.3 Å². The summed E-state index contributed by atoms with van der Waals surface area (Å²) in [6.07, 6.45) is 2.83. The van der Waals surface area contributed by atoms with Crippen molar-refractivity contribution in [3.63, 3.8) is 0 Å². The number of nitrogens with zero attached hydrogens (tertiary/aromatic N) is 3. The largest absolute Gasteiger partial charge is 0.398 e. The third-order valence-corrected chi connectivity index (χ3v) is 7.57. The summed E-state index contributed by atoms with van der Waals surface area (Å²) >= 11 is 0. The number of methoxy groups -OCH3 is 1. The number of imidazole rings is 1. The lowest BCUT2D eigenvalue weighted by Gasteiger charge is -2.40. The molecule has 35 heavy (non-hydrogen) atoms.